The predicted octanol–water partition coefficient (Wildman–Crippen LogP) is 4.24. The largest absolute Gasteiger partial charge is 0.325 e. The Morgan fingerprint density at radius 2 is 1.48 bits per heavy atom. The highest BCUT2D eigenvalue weighted by molar-refractivity contribution is 6.11. The number of carbonyl (C=O) groups is 3. The number of hydrogen-bond acceptors (Lipinski definition) is 3. The van der Waals surface area contributed by atoms with Gasteiger partial charge in [-0.25, -0.2) is 0 Å². The van der Waals surface area contributed by atoms with Gasteiger partial charge < -0.3 is 15.5 Å². The van der Waals surface area contributed by atoms with Crippen LogP contribution in [-0.2, 0) is 9.59 Å². The van der Waals surface area contributed by atoms with Gasteiger partial charge in [0.15, 0.2) is 0 Å². The second kappa shape index (κ2) is 8.83. The monoisotopic (exact) mass is 413 g/mol. The topological polar surface area (TPSA) is 78.5 Å². The molecule has 0 unspecified atom stereocenters. The van der Waals surface area contributed by atoms with Crippen LogP contribution in [0.25, 0.3) is 0 Å². The van der Waals surface area contributed by atoms with Gasteiger partial charge in [0.1, 0.15) is 0 Å². The molecular weight excluding hydrogens is 390 g/mol. The summed E-state index contributed by atoms with van der Waals surface area (Å²) in [5, 5.41) is 5.74. The summed E-state index contributed by atoms with van der Waals surface area (Å²) in [5.74, 6) is -1.15. The zero-order valence-electron chi connectivity index (χ0n) is 17.2. The number of para-hydroxylation sites is 3. The molecule has 1 atom stereocenters. The Bertz CT molecular complexity index is 1130. The maximum atomic E-state index is 12.9. The summed E-state index contributed by atoms with van der Waals surface area (Å²) in [6.07, 6.45) is 0.137. The van der Waals surface area contributed by atoms with E-state index in [-0.39, 0.29) is 24.1 Å². The lowest BCUT2D eigenvalue weighted by Crippen LogP contribution is -2.28. The van der Waals surface area contributed by atoms with E-state index < -0.39 is 5.92 Å². The van der Waals surface area contributed by atoms with Crippen LogP contribution in [0.4, 0.5) is 17.1 Å². The highest BCUT2D eigenvalue weighted by atomic mass is 16.2. The van der Waals surface area contributed by atoms with Crippen molar-refractivity contribution in [3.05, 3.63) is 90.0 Å². The van der Waals surface area contributed by atoms with Gasteiger partial charge in [0.2, 0.25) is 11.8 Å². The molecule has 0 aliphatic carbocycles. The fourth-order valence-corrected chi connectivity index (χ4v) is 3.67. The molecule has 1 aliphatic heterocycles. The summed E-state index contributed by atoms with van der Waals surface area (Å²) in [7, 11) is 0. The average molecular weight is 413 g/mol. The van der Waals surface area contributed by atoms with E-state index in [4.69, 9.17) is 0 Å². The number of amides is 3. The van der Waals surface area contributed by atoms with Gasteiger partial charge in [0.25, 0.3) is 5.91 Å². The van der Waals surface area contributed by atoms with Crippen molar-refractivity contribution in [1.82, 2.24) is 0 Å². The Kier molecular flexibility index (Phi) is 5.80. The van der Waals surface area contributed by atoms with Crippen molar-refractivity contribution in [3.63, 3.8) is 0 Å². The summed E-state index contributed by atoms with van der Waals surface area (Å²) in [6.45, 7) is 2.23. The van der Waals surface area contributed by atoms with Crippen molar-refractivity contribution in [1.29, 1.82) is 0 Å². The lowest BCUT2D eigenvalue weighted by atomic mass is 10.1. The molecule has 0 spiro atoms. The summed E-state index contributed by atoms with van der Waals surface area (Å²) >= 11 is 0. The molecule has 0 aromatic heterocycles. The standard InChI is InChI=1S/C25H23N3O3/c1-17-9-5-7-13-21(17)26-25(31)20-12-6-8-14-22(20)27-24(30)18-15-23(29)28(16-18)19-10-3-2-4-11-19/h2-14,18H,15-16H2,1H3,(H,26,31)(H,27,30)/t18-/m0/s1. The van der Waals surface area contributed by atoms with Crippen molar-refractivity contribution in [2.45, 2.75) is 13.3 Å². The third kappa shape index (κ3) is 4.48. The Hall–Kier alpha value is -3.93. The minimum Gasteiger partial charge on any atom is -0.325 e. The average Bonchev–Trinajstić information content (AvgIpc) is 3.18. The summed E-state index contributed by atoms with van der Waals surface area (Å²) in [4.78, 5) is 39.8. The van der Waals surface area contributed by atoms with Crippen LogP contribution in [-0.4, -0.2) is 24.3 Å². The van der Waals surface area contributed by atoms with Crippen LogP contribution in [0.5, 0.6) is 0 Å². The summed E-state index contributed by atoms with van der Waals surface area (Å²) < 4.78 is 0. The quantitative estimate of drug-likeness (QED) is 0.657. The Balaban J connectivity index is 1.48. The molecule has 156 valence electrons. The van der Waals surface area contributed by atoms with Gasteiger partial charge in [-0.1, -0.05) is 48.5 Å². The number of benzene rings is 3. The first kappa shape index (κ1) is 20.3. The minimum absolute atomic E-state index is 0.0862. The molecule has 6 heteroatoms. The van der Waals surface area contributed by atoms with Gasteiger partial charge in [-0.3, -0.25) is 14.4 Å². The van der Waals surface area contributed by atoms with Crippen LogP contribution in [0.2, 0.25) is 0 Å². The lowest BCUT2D eigenvalue weighted by Gasteiger charge is -2.17. The number of aryl methyl sites for hydroxylation is 1. The van der Waals surface area contributed by atoms with E-state index in [0.29, 0.717) is 23.5 Å². The van der Waals surface area contributed by atoms with E-state index in [1.54, 1.807) is 29.2 Å². The van der Waals surface area contributed by atoms with E-state index >= 15 is 0 Å². The first-order valence-corrected chi connectivity index (χ1v) is 10.1. The van der Waals surface area contributed by atoms with Crippen molar-refractivity contribution in [2.24, 2.45) is 5.92 Å². The third-order valence-corrected chi connectivity index (χ3v) is 5.39. The predicted molar refractivity (Wildman–Crippen MR) is 121 cm³/mol. The van der Waals surface area contributed by atoms with Gasteiger partial charge in [-0.15, -0.1) is 0 Å². The molecule has 0 saturated carbocycles. The van der Waals surface area contributed by atoms with Crippen LogP contribution in [0.15, 0.2) is 78.9 Å². The van der Waals surface area contributed by atoms with Crippen LogP contribution >= 0.6 is 0 Å². The van der Waals surface area contributed by atoms with E-state index in [1.807, 2.05) is 61.5 Å². The van der Waals surface area contributed by atoms with Crippen LogP contribution < -0.4 is 15.5 Å². The van der Waals surface area contributed by atoms with Gasteiger partial charge in [-0.05, 0) is 42.8 Å². The summed E-state index contributed by atoms with van der Waals surface area (Å²) in [6, 6.07) is 23.7. The zero-order chi connectivity index (χ0) is 21.8. The number of nitrogens with zero attached hydrogens (tertiary/aromatic N) is 1. The molecule has 4 rings (SSSR count). The molecule has 0 bridgehead atoms. The molecule has 6 nitrogen and oxygen atoms in total. The van der Waals surface area contributed by atoms with E-state index in [0.717, 1.165) is 11.3 Å². The van der Waals surface area contributed by atoms with Crippen molar-refractivity contribution >= 4 is 34.8 Å². The van der Waals surface area contributed by atoms with Crippen LogP contribution in [0.3, 0.4) is 0 Å². The lowest BCUT2D eigenvalue weighted by molar-refractivity contribution is -0.122. The number of hydrogen-bond donors (Lipinski definition) is 2. The molecule has 3 amide bonds. The molecule has 1 aliphatic rings. The number of carbonyl (C=O) groups excluding carboxylic acids is 3. The van der Waals surface area contributed by atoms with Crippen LogP contribution in [0, 0.1) is 12.8 Å². The van der Waals surface area contributed by atoms with Crippen molar-refractivity contribution in [2.75, 3.05) is 22.1 Å². The zero-order valence-corrected chi connectivity index (χ0v) is 17.2. The minimum atomic E-state index is -0.486. The fraction of sp³-hybridized carbons (Fsp3) is 0.160. The van der Waals surface area contributed by atoms with Crippen molar-refractivity contribution in [3.8, 4) is 0 Å². The molecule has 1 fully saturated rings. The maximum Gasteiger partial charge on any atom is 0.257 e. The first-order valence-electron chi connectivity index (χ1n) is 10.1. The maximum absolute atomic E-state index is 12.9. The van der Waals surface area contributed by atoms with E-state index in [9.17, 15) is 14.4 Å². The fourth-order valence-electron chi connectivity index (χ4n) is 3.67. The van der Waals surface area contributed by atoms with Gasteiger partial charge >= 0.3 is 0 Å². The highest BCUT2D eigenvalue weighted by Gasteiger charge is 2.35. The molecule has 3 aromatic carbocycles. The third-order valence-electron chi connectivity index (χ3n) is 5.39. The molecule has 3 aromatic rings. The Morgan fingerprint density at radius 1 is 0.839 bits per heavy atom. The molecule has 1 heterocycles. The summed E-state index contributed by atoms with van der Waals surface area (Å²) in [5.41, 5.74) is 3.23. The van der Waals surface area contributed by atoms with Crippen molar-refractivity contribution < 1.29 is 14.4 Å². The SMILES string of the molecule is Cc1ccccc1NC(=O)c1ccccc1NC(=O)[C@H]1CC(=O)N(c2ccccc2)C1. The number of nitrogens with one attached hydrogen (secondary N) is 2. The molecule has 2 N–H and O–H groups in total. The van der Waals surface area contributed by atoms with Gasteiger partial charge in [0, 0.05) is 24.3 Å². The molecule has 31 heavy (non-hydrogen) atoms. The highest BCUT2D eigenvalue weighted by Crippen LogP contribution is 2.27. The molecule has 0 radical (unpaired) electrons. The Morgan fingerprint density at radius 3 is 2.23 bits per heavy atom. The Labute approximate surface area is 180 Å². The second-order valence-electron chi connectivity index (χ2n) is 7.54. The first-order chi connectivity index (χ1) is 15.0. The van der Waals surface area contributed by atoms with Gasteiger partial charge in [-0.2, -0.15) is 0 Å². The normalized spacial score (nSPS) is 15.6. The van der Waals surface area contributed by atoms with E-state index in [2.05, 4.69) is 10.6 Å². The number of rotatable bonds is 5. The second-order valence-corrected chi connectivity index (χ2v) is 7.54. The van der Waals surface area contributed by atoms with E-state index in [1.165, 1.54) is 0 Å². The smallest absolute Gasteiger partial charge is 0.257 e. The van der Waals surface area contributed by atoms with Crippen LogP contribution in [0.1, 0.15) is 22.3 Å². The van der Waals surface area contributed by atoms with Gasteiger partial charge in [0.05, 0.1) is 17.2 Å². The number of anilines is 3. The molecule has 1 saturated heterocycles. The molecular formula is C25H23N3O3.